The molecule has 0 radical (unpaired) electrons. The van der Waals surface area contributed by atoms with E-state index in [1.807, 2.05) is 32.0 Å². The van der Waals surface area contributed by atoms with Crippen LogP contribution in [-0.4, -0.2) is 28.5 Å². The number of anilines is 1. The summed E-state index contributed by atoms with van der Waals surface area (Å²) in [6.45, 7) is 3.19. The van der Waals surface area contributed by atoms with Crippen molar-refractivity contribution in [2.45, 2.75) is 20.0 Å². The summed E-state index contributed by atoms with van der Waals surface area (Å²) in [5.74, 6) is -1.15. The van der Waals surface area contributed by atoms with Crippen molar-refractivity contribution in [3.63, 3.8) is 0 Å². The minimum Gasteiger partial charge on any atom is -0.457 e. The molecule has 180 valence electrons. The van der Waals surface area contributed by atoms with Crippen molar-refractivity contribution in [2.75, 3.05) is 11.9 Å². The normalized spacial score (nSPS) is 15.2. The number of furan rings is 1. The van der Waals surface area contributed by atoms with Gasteiger partial charge in [-0.3, -0.25) is 19.3 Å². The van der Waals surface area contributed by atoms with E-state index in [-0.39, 0.29) is 22.0 Å². The van der Waals surface area contributed by atoms with E-state index in [2.05, 4.69) is 5.32 Å². The lowest BCUT2D eigenvalue weighted by molar-refractivity contribution is -0.137. The summed E-state index contributed by atoms with van der Waals surface area (Å²) in [6.07, 6.45) is -3.29. The number of imide groups is 1. The number of halogens is 3. The van der Waals surface area contributed by atoms with E-state index < -0.39 is 35.3 Å². The van der Waals surface area contributed by atoms with Gasteiger partial charge in [0.15, 0.2) is 0 Å². The fraction of sp³-hybridized carbons (Fsp3) is 0.160. The predicted molar refractivity (Wildman–Crippen MR) is 126 cm³/mol. The highest BCUT2D eigenvalue weighted by atomic mass is 32.2. The molecule has 0 atom stereocenters. The molecule has 4 rings (SSSR count). The number of hydrogen-bond donors (Lipinski definition) is 1. The number of thioether (sulfide) groups is 1. The first kappa shape index (κ1) is 24.3. The molecule has 1 aliphatic heterocycles. The summed E-state index contributed by atoms with van der Waals surface area (Å²) in [4.78, 5) is 38.4. The number of hydrogen-bond acceptors (Lipinski definition) is 5. The molecule has 35 heavy (non-hydrogen) atoms. The van der Waals surface area contributed by atoms with Crippen LogP contribution in [0, 0.1) is 13.8 Å². The lowest BCUT2D eigenvalue weighted by Gasteiger charge is -2.15. The molecule has 0 bridgehead atoms. The van der Waals surface area contributed by atoms with Crippen molar-refractivity contribution in [1.29, 1.82) is 0 Å². The maximum Gasteiger partial charge on any atom is 0.417 e. The maximum absolute atomic E-state index is 13.3. The standard InChI is InChI=1S/C25H19F3N2O4S/c1-14-6-5-7-15(2)22(14)29-21(31)13-30-23(32)20(35-24(30)33)12-16-10-11-19(34-16)17-8-3-4-9-18(17)25(26,27)28/h3-12H,13H2,1-2H3,(H,29,31)/b20-12+. The van der Waals surface area contributed by atoms with Crippen molar-refractivity contribution < 1.29 is 32.0 Å². The summed E-state index contributed by atoms with van der Waals surface area (Å²) in [7, 11) is 0. The second-order valence-electron chi connectivity index (χ2n) is 7.83. The van der Waals surface area contributed by atoms with Crippen LogP contribution in [0.15, 0.2) is 63.9 Å². The van der Waals surface area contributed by atoms with E-state index in [0.29, 0.717) is 17.4 Å². The Kier molecular flexibility index (Phi) is 6.58. The van der Waals surface area contributed by atoms with Gasteiger partial charge in [-0.1, -0.05) is 36.4 Å². The number of carbonyl (C=O) groups is 3. The number of aryl methyl sites for hydroxylation is 2. The summed E-state index contributed by atoms with van der Waals surface area (Å²) in [6, 6.07) is 13.3. The van der Waals surface area contributed by atoms with Gasteiger partial charge in [-0.05, 0) is 54.9 Å². The highest BCUT2D eigenvalue weighted by molar-refractivity contribution is 8.18. The predicted octanol–water partition coefficient (Wildman–Crippen LogP) is 6.26. The monoisotopic (exact) mass is 500 g/mol. The van der Waals surface area contributed by atoms with E-state index in [4.69, 9.17) is 4.42 Å². The Morgan fingerprint density at radius 2 is 1.71 bits per heavy atom. The van der Waals surface area contributed by atoms with Gasteiger partial charge in [0.05, 0.1) is 10.5 Å². The Morgan fingerprint density at radius 3 is 2.40 bits per heavy atom. The number of para-hydroxylation sites is 1. The van der Waals surface area contributed by atoms with Crippen LogP contribution >= 0.6 is 11.8 Å². The number of benzene rings is 2. The molecule has 0 unspecified atom stereocenters. The van der Waals surface area contributed by atoms with Crippen molar-refractivity contribution in [3.05, 3.63) is 82.0 Å². The molecule has 0 saturated carbocycles. The fourth-order valence-electron chi connectivity index (χ4n) is 3.62. The number of nitrogens with one attached hydrogen (secondary N) is 1. The average molecular weight is 500 g/mol. The zero-order chi connectivity index (χ0) is 25.3. The van der Waals surface area contributed by atoms with Crippen molar-refractivity contribution in [1.82, 2.24) is 4.90 Å². The molecule has 0 aliphatic carbocycles. The van der Waals surface area contributed by atoms with E-state index in [1.165, 1.54) is 36.4 Å². The molecular weight excluding hydrogens is 481 g/mol. The summed E-state index contributed by atoms with van der Waals surface area (Å²) >= 11 is 0.622. The summed E-state index contributed by atoms with van der Waals surface area (Å²) in [5, 5.41) is 2.09. The van der Waals surface area contributed by atoms with E-state index in [9.17, 15) is 27.6 Å². The largest absolute Gasteiger partial charge is 0.457 e. The van der Waals surface area contributed by atoms with Crippen LogP contribution in [0.3, 0.4) is 0 Å². The Balaban J connectivity index is 1.50. The van der Waals surface area contributed by atoms with Crippen molar-refractivity contribution >= 4 is 40.6 Å². The minimum absolute atomic E-state index is 0.000112. The lowest BCUT2D eigenvalue weighted by Crippen LogP contribution is -2.36. The fourth-order valence-corrected chi connectivity index (χ4v) is 4.44. The Morgan fingerprint density at radius 1 is 1.03 bits per heavy atom. The van der Waals surface area contributed by atoms with Gasteiger partial charge in [-0.2, -0.15) is 13.2 Å². The van der Waals surface area contributed by atoms with E-state index >= 15 is 0 Å². The van der Waals surface area contributed by atoms with E-state index in [0.717, 1.165) is 22.1 Å². The second kappa shape index (κ2) is 9.46. The van der Waals surface area contributed by atoms with Gasteiger partial charge in [0.2, 0.25) is 5.91 Å². The summed E-state index contributed by atoms with van der Waals surface area (Å²) < 4.78 is 45.5. The molecule has 3 aromatic rings. The molecule has 3 amide bonds. The van der Waals surface area contributed by atoms with Gasteiger partial charge in [-0.15, -0.1) is 0 Å². The third kappa shape index (κ3) is 5.17. The molecule has 0 spiro atoms. The first-order chi connectivity index (χ1) is 16.5. The molecular formula is C25H19F3N2O4S. The number of rotatable bonds is 5. The first-order valence-electron chi connectivity index (χ1n) is 10.4. The number of carbonyl (C=O) groups excluding carboxylic acids is 3. The quantitative estimate of drug-likeness (QED) is 0.419. The molecule has 1 aromatic heterocycles. The van der Waals surface area contributed by atoms with Crippen molar-refractivity contribution in [2.24, 2.45) is 0 Å². The Bertz CT molecular complexity index is 1340. The van der Waals surface area contributed by atoms with Gasteiger partial charge >= 0.3 is 6.18 Å². The lowest BCUT2D eigenvalue weighted by atomic mass is 10.1. The van der Waals surface area contributed by atoms with Crippen LogP contribution in [0.1, 0.15) is 22.5 Å². The Labute approximate surface area is 202 Å². The van der Waals surface area contributed by atoms with Crippen LogP contribution in [-0.2, 0) is 15.8 Å². The van der Waals surface area contributed by atoms with Crippen LogP contribution < -0.4 is 5.32 Å². The highest BCUT2D eigenvalue weighted by Gasteiger charge is 2.37. The molecule has 1 fully saturated rings. The van der Waals surface area contributed by atoms with Crippen molar-refractivity contribution in [3.8, 4) is 11.3 Å². The smallest absolute Gasteiger partial charge is 0.417 e. The SMILES string of the molecule is Cc1cccc(C)c1NC(=O)CN1C(=O)S/C(=C/c2ccc(-c3ccccc3C(F)(F)F)o2)C1=O. The third-order valence-corrected chi connectivity index (χ3v) is 6.23. The number of nitrogens with zero attached hydrogens (tertiary/aromatic N) is 1. The van der Waals surface area contributed by atoms with Gasteiger partial charge in [0, 0.05) is 17.3 Å². The van der Waals surface area contributed by atoms with Gasteiger partial charge in [-0.25, -0.2) is 0 Å². The number of alkyl halides is 3. The zero-order valence-corrected chi connectivity index (χ0v) is 19.4. The van der Waals surface area contributed by atoms with Crippen LogP contribution in [0.25, 0.3) is 17.4 Å². The highest BCUT2D eigenvalue weighted by Crippen LogP contribution is 2.38. The molecule has 1 aliphatic rings. The molecule has 1 saturated heterocycles. The van der Waals surface area contributed by atoms with Gasteiger partial charge in [0.1, 0.15) is 18.1 Å². The molecule has 2 heterocycles. The van der Waals surface area contributed by atoms with Crippen LogP contribution in [0.2, 0.25) is 0 Å². The Hall–Kier alpha value is -3.79. The molecule has 1 N–H and O–H groups in total. The molecule has 2 aromatic carbocycles. The van der Waals surface area contributed by atoms with Gasteiger partial charge in [0.25, 0.3) is 11.1 Å². The topological polar surface area (TPSA) is 79.6 Å². The average Bonchev–Trinajstić information content (AvgIpc) is 3.36. The summed E-state index contributed by atoms with van der Waals surface area (Å²) in [5.41, 5.74) is 1.30. The third-order valence-electron chi connectivity index (χ3n) is 5.32. The zero-order valence-electron chi connectivity index (χ0n) is 18.6. The van der Waals surface area contributed by atoms with Gasteiger partial charge < -0.3 is 9.73 Å². The molecule has 10 heteroatoms. The maximum atomic E-state index is 13.3. The second-order valence-corrected chi connectivity index (χ2v) is 8.82. The van der Waals surface area contributed by atoms with Crippen LogP contribution in [0.5, 0.6) is 0 Å². The number of amides is 3. The van der Waals surface area contributed by atoms with Crippen LogP contribution in [0.4, 0.5) is 23.7 Å². The first-order valence-corrected chi connectivity index (χ1v) is 11.2. The minimum atomic E-state index is -4.57. The molecule has 6 nitrogen and oxygen atoms in total. The van der Waals surface area contributed by atoms with E-state index in [1.54, 1.807) is 0 Å².